The Hall–Kier alpha value is -1.15. The van der Waals surface area contributed by atoms with Gasteiger partial charge in [0.05, 0.1) is 0 Å². The van der Waals surface area contributed by atoms with Crippen molar-refractivity contribution in [3.05, 3.63) is 18.3 Å². The van der Waals surface area contributed by atoms with Crippen LogP contribution in [0.2, 0.25) is 0 Å². The van der Waals surface area contributed by atoms with E-state index < -0.39 is 5.51 Å². The van der Waals surface area contributed by atoms with Crippen molar-refractivity contribution >= 4 is 23.3 Å². The number of rotatable bonds is 5. The van der Waals surface area contributed by atoms with E-state index in [1.165, 1.54) is 6.20 Å². The number of nitrogens with zero attached hydrogens (tertiary/aromatic N) is 1. The highest BCUT2D eigenvalue weighted by molar-refractivity contribution is 8.00. The summed E-state index contributed by atoms with van der Waals surface area (Å²) in [6, 6.07) is 3.26. The van der Waals surface area contributed by atoms with Crippen molar-refractivity contribution in [3.8, 4) is 0 Å². The molecule has 0 aliphatic carbocycles. The second-order valence-corrected chi connectivity index (χ2v) is 3.95. The average molecular weight is 252 g/mol. The van der Waals surface area contributed by atoms with Gasteiger partial charge in [0, 0.05) is 30.2 Å². The Morgan fingerprint density at radius 1 is 1.44 bits per heavy atom. The fourth-order valence-electron chi connectivity index (χ4n) is 0.982. The molecule has 0 amide bonds. The highest BCUT2D eigenvalue weighted by atomic mass is 32.2. The van der Waals surface area contributed by atoms with E-state index in [0.717, 1.165) is 0 Å². The molecule has 0 bridgehead atoms. The largest absolute Gasteiger partial charge is 0.441 e. The summed E-state index contributed by atoms with van der Waals surface area (Å²) in [5, 5.41) is 2.84. The van der Waals surface area contributed by atoms with Crippen LogP contribution in [0.5, 0.6) is 0 Å². The zero-order valence-electron chi connectivity index (χ0n) is 8.21. The van der Waals surface area contributed by atoms with Crippen LogP contribution >= 0.6 is 11.8 Å². The Kier molecular flexibility index (Phi) is 4.69. The number of hydrogen-bond donors (Lipinski definition) is 3. The van der Waals surface area contributed by atoms with Crippen LogP contribution < -0.4 is 16.6 Å². The quantitative estimate of drug-likeness (QED) is 0.425. The van der Waals surface area contributed by atoms with Gasteiger partial charge in [0.15, 0.2) is 0 Å². The minimum Gasteiger partial charge on any atom is -0.384 e. The van der Waals surface area contributed by atoms with Crippen molar-refractivity contribution in [2.75, 3.05) is 23.0 Å². The number of anilines is 2. The third-order valence-electron chi connectivity index (χ3n) is 1.60. The molecule has 0 aliphatic rings. The lowest BCUT2D eigenvalue weighted by Crippen LogP contribution is -2.11. The number of nitrogens with one attached hydrogen (secondary N) is 2. The van der Waals surface area contributed by atoms with E-state index in [2.05, 4.69) is 15.7 Å². The monoisotopic (exact) mass is 252 g/mol. The first-order chi connectivity index (χ1) is 7.51. The van der Waals surface area contributed by atoms with Gasteiger partial charge in [-0.05, 0) is 17.8 Å². The van der Waals surface area contributed by atoms with Crippen molar-refractivity contribution in [2.24, 2.45) is 5.84 Å². The summed E-state index contributed by atoms with van der Waals surface area (Å²) in [5.74, 6) is 5.55. The molecule has 0 radical (unpaired) electrons. The number of alkyl halides is 3. The highest BCUT2D eigenvalue weighted by Gasteiger charge is 2.27. The van der Waals surface area contributed by atoms with Gasteiger partial charge in [-0.15, -0.1) is 0 Å². The molecule has 0 aliphatic heterocycles. The minimum absolute atomic E-state index is 0.0444. The third-order valence-corrected chi connectivity index (χ3v) is 2.34. The standard InChI is InChI=1S/C8H11F3N4S/c9-8(10,11)16-4-3-13-6-1-2-14-7(5-6)15-12/h1-2,5H,3-4,12H2,(H2,13,14,15). The minimum atomic E-state index is -4.18. The first-order valence-corrected chi connectivity index (χ1v) is 5.37. The van der Waals surface area contributed by atoms with Crippen LogP contribution in [0.25, 0.3) is 0 Å². The SMILES string of the molecule is NNc1cc(NCCSC(F)(F)F)ccn1. The maximum Gasteiger partial charge on any atom is 0.441 e. The van der Waals surface area contributed by atoms with Gasteiger partial charge < -0.3 is 10.7 Å². The van der Waals surface area contributed by atoms with Gasteiger partial charge >= 0.3 is 5.51 Å². The Bertz CT molecular complexity index is 331. The van der Waals surface area contributed by atoms with Crippen molar-refractivity contribution in [2.45, 2.75) is 5.51 Å². The van der Waals surface area contributed by atoms with Crippen molar-refractivity contribution < 1.29 is 13.2 Å². The van der Waals surface area contributed by atoms with Crippen molar-refractivity contribution in [1.29, 1.82) is 0 Å². The molecule has 8 heteroatoms. The number of nitrogens with two attached hydrogens (primary N) is 1. The summed E-state index contributed by atoms with van der Waals surface area (Å²) < 4.78 is 35.4. The van der Waals surface area contributed by atoms with Gasteiger partial charge in [0.25, 0.3) is 0 Å². The van der Waals surface area contributed by atoms with Crippen LogP contribution in [0.15, 0.2) is 18.3 Å². The zero-order chi connectivity index (χ0) is 12.0. The second-order valence-electron chi connectivity index (χ2n) is 2.80. The van der Waals surface area contributed by atoms with Crippen LogP contribution in [-0.2, 0) is 0 Å². The summed E-state index contributed by atoms with van der Waals surface area (Å²) in [6.07, 6.45) is 1.51. The molecule has 0 saturated heterocycles. The number of thioether (sulfide) groups is 1. The summed E-state index contributed by atoms with van der Waals surface area (Å²) in [4.78, 5) is 3.86. The predicted molar refractivity (Wildman–Crippen MR) is 59.0 cm³/mol. The lowest BCUT2D eigenvalue weighted by Gasteiger charge is -2.08. The number of pyridine rings is 1. The van der Waals surface area contributed by atoms with Gasteiger partial charge in [0.1, 0.15) is 5.82 Å². The molecule has 0 aromatic carbocycles. The third kappa shape index (κ3) is 5.08. The van der Waals surface area contributed by atoms with Crippen molar-refractivity contribution in [3.63, 3.8) is 0 Å². The van der Waals surface area contributed by atoms with Crippen LogP contribution in [0.3, 0.4) is 0 Å². The van der Waals surface area contributed by atoms with E-state index in [1.54, 1.807) is 12.1 Å². The Balaban J connectivity index is 2.32. The topological polar surface area (TPSA) is 63.0 Å². The first kappa shape index (κ1) is 12.9. The molecular formula is C8H11F3N4S. The first-order valence-electron chi connectivity index (χ1n) is 4.38. The number of halogens is 3. The normalized spacial score (nSPS) is 11.2. The van der Waals surface area contributed by atoms with Gasteiger partial charge in [-0.1, -0.05) is 0 Å². The molecule has 0 atom stereocenters. The van der Waals surface area contributed by atoms with E-state index in [1.807, 2.05) is 0 Å². The molecule has 0 unspecified atom stereocenters. The van der Waals surface area contributed by atoms with E-state index in [0.29, 0.717) is 11.5 Å². The summed E-state index contributed by atoms with van der Waals surface area (Å²) in [6.45, 7) is 0.220. The molecule has 90 valence electrons. The average Bonchev–Trinajstić information content (AvgIpc) is 2.23. The van der Waals surface area contributed by atoms with Gasteiger partial charge in [0.2, 0.25) is 0 Å². The van der Waals surface area contributed by atoms with Crippen LogP contribution in [0.1, 0.15) is 0 Å². The number of hydrazine groups is 1. The van der Waals surface area contributed by atoms with Gasteiger partial charge in [-0.3, -0.25) is 0 Å². The fourth-order valence-corrected chi connectivity index (χ4v) is 1.42. The molecule has 0 spiro atoms. The summed E-state index contributed by atoms with van der Waals surface area (Å²) >= 11 is -0.0557. The molecule has 4 nitrogen and oxygen atoms in total. The van der Waals surface area contributed by atoms with E-state index in [-0.39, 0.29) is 24.1 Å². The molecule has 4 N–H and O–H groups in total. The van der Waals surface area contributed by atoms with Crippen LogP contribution in [-0.4, -0.2) is 22.8 Å². The molecule has 1 heterocycles. The molecule has 0 saturated carbocycles. The molecule has 1 aromatic heterocycles. The molecule has 1 aromatic rings. The molecule has 16 heavy (non-hydrogen) atoms. The molecular weight excluding hydrogens is 241 g/mol. The molecule has 1 rings (SSSR count). The Morgan fingerprint density at radius 2 is 2.19 bits per heavy atom. The Labute approximate surface area is 94.8 Å². The van der Waals surface area contributed by atoms with E-state index in [4.69, 9.17) is 5.84 Å². The number of aromatic nitrogens is 1. The lowest BCUT2D eigenvalue weighted by molar-refractivity contribution is -0.0327. The maximum absolute atomic E-state index is 11.8. The number of hydrogen-bond acceptors (Lipinski definition) is 5. The maximum atomic E-state index is 11.8. The fraction of sp³-hybridized carbons (Fsp3) is 0.375. The molecule has 0 fully saturated rings. The van der Waals surface area contributed by atoms with Crippen LogP contribution in [0, 0.1) is 0 Å². The Morgan fingerprint density at radius 3 is 2.81 bits per heavy atom. The van der Waals surface area contributed by atoms with Crippen LogP contribution in [0.4, 0.5) is 24.7 Å². The smallest absolute Gasteiger partial charge is 0.384 e. The zero-order valence-corrected chi connectivity index (χ0v) is 9.03. The van der Waals surface area contributed by atoms with Gasteiger partial charge in [-0.25, -0.2) is 10.8 Å². The highest BCUT2D eigenvalue weighted by Crippen LogP contribution is 2.29. The predicted octanol–water partition coefficient (Wildman–Crippen LogP) is 2.03. The van der Waals surface area contributed by atoms with Crippen molar-refractivity contribution in [1.82, 2.24) is 4.98 Å². The van der Waals surface area contributed by atoms with E-state index in [9.17, 15) is 13.2 Å². The summed E-state index contributed by atoms with van der Waals surface area (Å²) in [7, 11) is 0. The van der Waals surface area contributed by atoms with E-state index >= 15 is 0 Å². The van der Waals surface area contributed by atoms with Gasteiger partial charge in [-0.2, -0.15) is 13.2 Å². The number of nitrogen functional groups attached to an aromatic ring is 1. The lowest BCUT2D eigenvalue weighted by atomic mass is 10.4. The summed E-state index contributed by atoms with van der Waals surface area (Å²) in [5.41, 5.74) is -1.16. The second kappa shape index (κ2) is 5.80.